The van der Waals surface area contributed by atoms with E-state index >= 15 is 0 Å². The van der Waals surface area contributed by atoms with Gasteiger partial charge in [-0.15, -0.1) is 0 Å². The van der Waals surface area contributed by atoms with E-state index in [1.807, 2.05) is 35.2 Å². The van der Waals surface area contributed by atoms with E-state index in [0.29, 0.717) is 12.6 Å². The maximum atomic E-state index is 12.9. The molecule has 23 heavy (non-hydrogen) atoms. The zero-order valence-electron chi connectivity index (χ0n) is 14.4. The normalized spacial score (nSPS) is 22.8. The third-order valence-electron chi connectivity index (χ3n) is 5.10. The average molecular weight is 315 g/mol. The van der Waals surface area contributed by atoms with Crippen molar-refractivity contribution in [1.29, 1.82) is 0 Å². The van der Waals surface area contributed by atoms with Gasteiger partial charge in [-0.05, 0) is 45.4 Å². The number of piperazine rings is 1. The molecule has 0 aromatic heterocycles. The lowest BCUT2D eigenvalue weighted by Crippen LogP contribution is -2.56. The molecule has 0 bridgehead atoms. The molecule has 2 heterocycles. The molecule has 1 aromatic carbocycles. The van der Waals surface area contributed by atoms with Crippen molar-refractivity contribution in [3.05, 3.63) is 30.3 Å². The SMILES string of the molecule is CC(C)N(C(=O)CN1CCN2CCCCC2C1)c1ccccc1. The summed E-state index contributed by atoms with van der Waals surface area (Å²) in [7, 11) is 0. The van der Waals surface area contributed by atoms with E-state index in [2.05, 4.69) is 23.6 Å². The first kappa shape index (κ1) is 16.5. The zero-order valence-corrected chi connectivity index (χ0v) is 14.4. The topological polar surface area (TPSA) is 26.8 Å². The number of para-hydroxylation sites is 1. The number of benzene rings is 1. The Morgan fingerprint density at radius 3 is 2.70 bits per heavy atom. The van der Waals surface area contributed by atoms with Gasteiger partial charge in [-0.1, -0.05) is 24.6 Å². The second-order valence-corrected chi connectivity index (χ2v) is 7.11. The number of hydrogen-bond donors (Lipinski definition) is 0. The van der Waals surface area contributed by atoms with Gasteiger partial charge in [0.2, 0.25) is 5.91 Å². The van der Waals surface area contributed by atoms with Gasteiger partial charge in [0.05, 0.1) is 6.54 Å². The van der Waals surface area contributed by atoms with Crippen molar-refractivity contribution in [2.24, 2.45) is 0 Å². The van der Waals surface area contributed by atoms with E-state index in [0.717, 1.165) is 25.3 Å². The Morgan fingerprint density at radius 2 is 1.96 bits per heavy atom. The molecule has 1 atom stereocenters. The predicted molar refractivity (Wildman–Crippen MR) is 94.7 cm³/mol. The molecule has 0 N–H and O–H groups in total. The first-order chi connectivity index (χ1) is 11.1. The highest BCUT2D eigenvalue weighted by molar-refractivity contribution is 5.95. The highest BCUT2D eigenvalue weighted by atomic mass is 16.2. The number of anilines is 1. The summed E-state index contributed by atoms with van der Waals surface area (Å²) in [6.45, 7) is 9.14. The van der Waals surface area contributed by atoms with E-state index < -0.39 is 0 Å². The molecule has 4 nitrogen and oxygen atoms in total. The van der Waals surface area contributed by atoms with Crippen molar-refractivity contribution in [2.75, 3.05) is 37.6 Å². The highest BCUT2D eigenvalue weighted by Gasteiger charge is 2.30. The maximum absolute atomic E-state index is 12.9. The maximum Gasteiger partial charge on any atom is 0.241 e. The lowest BCUT2D eigenvalue weighted by Gasteiger charge is -2.44. The van der Waals surface area contributed by atoms with Crippen LogP contribution in [0.3, 0.4) is 0 Å². The number of carbonyl (C=O) groups is 1. The van der Waals surface area contributed by atoms with E-state index in [1.165, 1.54) is 25.8 Å². The van der Waals surface area contributed by atoms with E-state index in [1.54, 1.807) is 0 Å². The van der Waals surface area contributed by atoms with Crippen molar-refractivity contribution < 1.29 is 4.79 Å². The van der Waals surface area contributed by atoms with Crippen LogP contribution in [-0.4, -0.2) is 60.5 Å². The molecule has 0 radical (unpaired) electrons. The fourth-order valence-corrected chi connectivity index (χ4v) is 3.95. The Kier molecular flexibility index (Phi) is 5.34. The Bertz CT molecular complexity index is 517. The zero-order chi connectivity index (χ0) is 16.2. The predicted octanol–water partition coefficient (Wildman–Crippen LogP) is 2.60. The van der Waals surface area contributed by atoms with Crippen LogP contribution in [0.15, 0.2) is 30.3 Å². The Balaban J connectivity index is 1.63. The van der Waals surface area contributed by atoms with Gasteiger partial charge in [0.25, 0.3) is 0 Å². The third-order valence-corrected chi connectivity index (χ3v) is 5.10. The summed E-state index contributed by atoms with van der Waals surface area (Å²) in [4.78, 5) is 19.8. The van der Waals surface area contributed by atoms with Gasteiger partial charge in [-0.25, -0.2) is 0 Å². The van der Waals surface area contributed by atoms with Gasteiger partial charge in [-0.3, -0.25) is 14.6 Å². The Labute approximate surface area is 140 Å². The number of carbonyl (C=O) groups excluding carboxylic acids is 1. The average Bonchev–Trinajstić information content (AvgIpc) is 2.55. The third kappa shape index (κ3) is 3.93. The summed E-state index contributed by atoms with van der Waals surface area (Å²) in [5, 5.41) is 0. The minimum Gasteiger partial charge on any atom is -0.309 e. The molecular formula is C19H29N3O. The van der Waals surface area contributed by atoms with Crippen LogP contribution in [0.2, 0.25) is 0 Å². The van der Waals surface area contributed by atoms with Gasteiger partial charge in [0.15, 0.2) is 0 Å². The van der Waals surface area contributed by atoms with Crippen LogP contribution in [0.25, 0.3) is 0 Å². The molecule has 4 heteroatoms. The molecule has 0 aliphatic carbocycles. The van der Waals surface area contributed by atoms with Gasteiger partial charge in [0, 0.05) is 37.4 Å². The van der Waals surface area contributed by atoms with Crippen LogP contribution in [0.1, 0.15) is 33.1 Å². The smallest absolute Gasteiger partial charge is 0.241 e. The molecule has 0 saturated carbocycles. The molecule has 1 unspecified atom stereocenters. The summed E-state index contributed by atoms with van der Waals surface area (Å²) in [6, 6.07) is 10.9. The van der Waals surface area contributed by atoms with Gasteiger partial charge < -0.3 is 4.90 Å². The number of nitrogens with zero attached hydrogens (tertiary/aromatic N) is 3. The number of piperidine rings is 1. The largest absolute Gasteiger partial charge is 0.309 e. The lowest BCUT2D eigenvalue weighted by molar-refractivity contribution is -0.121. The first-order valence-electron chi connectivity index (χ1n) is 8.98. The Morgan fingerprint density at radius 1 is 1.17 bits per heavy atom. The van der Waals surface area contributed by atoms with Crippen LogP contribution in [0.4, 0.5) is 5.69 Å². The van der Waals surface area contributed by atoms with Gasteiger partial charge in [-0.2, -0.15) is 0 Å². The minimum atomic E-state index is 0.181. The summed E-state index contributed by atoms with van der Waals surface area (Å²) in [5.41, 5.74) is 1.00. The molecular weight excluding hydrogens is 286 g/mol. The summed E-state index contributed by atoms with van der Waals surface area (Å²) in [5.74, 6) is 0.218. The fraction of sp³-hybridized carbons (Fsp3) is 0.632. The van der Waals surface area contributed by atoms with Crippen LogP contribution < -0.4 is 4.90 Å². The molecule has 1 aromatic rings. The molecule has 126 valence electrons. The van der Waals surface area contributed by atoms with Crippen molar-refractivity contribution in [3.8, 4) is 0 Å². The summed E-state index contributed by atoms with van der Waals surface area (Å²) >= 11 is 0. The van der Waals surface area contributed by atoms with Gasteiger partial charge in [0.1, 0.15) is 0 Å². The van der Waals surface area contributed by atoms with E-state index in [9.17, 15) is 4.79 Å². The molecule has 2 aliphatic heterocycles. The standard InChI is InChI=1S/C19H29N3O/c1-16(2)22(17-8-4-3-5-9-17)19(23)15-20-12-13-21-11-7-6-10-18(21)14-20/h3-5,8-9,16,18H,6-7,10-15H2,1-2H3. The van der Waals surface area contributed by atoms with Crippen LogP contribution in [0, 0.1) is 0 Å². The molecule has 3 rings (SSSR count). The number of rotatable bonds is 4. The second kappa shape index (κ2) is 7.45. The summed E-state index contributed by atoms with van der Waals surface area (Å²) < 4.78 is 0. The van der Waals surface area contributed by atoms with Crippen molar-refractivity contribution in [3.63, 3.8) is 0 Å². The van der Waals surface area contributed by atoms with Crippen LogP contribution in [-0.2, 0) is 4.79 Å². The minimum absolute atomic E-state index is 0.181. The molecule has 2 fully saturated rings. The van der Waals surface area contributed by atoms with Crippen molar-refractivity contribution >= 4 is 11.6 Å². The molecule has 1 amide bonds. The molecule has 2 aliphatic rings. The van der Waals surface area contributed by atoms with E-state index in [4.69, 9.17) is 0 Å². The number of amides is 1. The quantitative estimate of drug-likeness (QED) is 0.854. The van der Waals surface area contributed by atoms with Gasteiger partial charge >= 0.3 is 0 Å². The number of fused-ring (bicyclic) bond motifs is 1. The summed E-state index contributed by atoms with van der Waals surface area (Å²) in [6.07, 6.45) is 3.97. The van der Waals surface area contributed by atoms with Crippen molar-refractivity contribution in [2.45, 2.75) is 45.2 Å². The first-order valence-corrected chi connectivity index (χ1v) is 8.98. The Hall–Kier alpha value is -1.39. The van der Waals surface area contributed by atoms with Crippen molar-refractivity contribution in [1.82, 2.24) is 9.80 Å². The highest BCUT2D eigenvalue weighted by Crippen LogP contribution is 2.22. The second-order valence-electron chi connectivity index (χ2n) is 7.11. The van der Waals surface area contributed by atoms with Crippen LogP contribution >= 0.6 is 0 Å². The van der Waals surface area contributed by atoms with Crippen LogP contribution in [0.5, 0.6) is 0 Å². The fourth-order valence-electron chi connectivity index (χ4n) is 3.95. The number of hydrogen-bond acceptors (Lipinski definition) is 3. The van der Waals surface area contributed by atoms with E-state index in [-0.39, 0.29) is 11.9 Å². The molecule has 2 saturated heterocycles. The monoisotopic (exact) mass is 315 g/mol. The lowest BCUT2D eigenvalue weighted by atomic mass is 9.99. The molecule has 0 spiro atoms.